The second-order valence-corrected chi connectivity index (χ2v) is 8.63. The molecular weight excluding hydrogens is 370 g/mol. The van der Waals surface area contributed by atoms with Crippen molar-refractivity contribution in [2.75, 3.05) is 41.4 Å². The van der Waals surface area contributed by atoms with E-state index in [1.54, 1.807) is 26.2 Å². The largest absolute Gasteiger partial charge is 0.379 e. The summed E-state index contributed by atoms with van der Waals surface area (Å²) >= 11 is 0. The molecule has 29 heavy (non-hydrogen) atoms. The fourth-order valence-corrected chi connectivity index (χ4v) is 4.63. The predicted molar refractivity (Wildman–Crippen MR) is 116 cm³/mol. The summed E-state index contributed by atoms with van der Waals surface area (Å²) in [5.74, 6) is 0.653. The zero-order chi connectivity index (χ0) is 22.1. The summed E-state index contributed by atoms with van der Waals surface area (Å²) in [7, 11) is 6.93. The maximum absolute atomic E-state index is 13.3. The Balaban J connectivity index is 2.99. The van der Waals surface area contributed by atoms with Crippen molar-refractivity contribution in [3.8, 4) is 0 Å². The first-order valence-corrected chi connectivity index (χ1v) is 11.0. The van der Waals surface area contributed by atoms with Gasteiger partial charge in [-0.1, -0.05) is 34.1 Å². The van der Waals surface area contributed by atoms with Gasteiger partial charge in [0.25, 0.3) is 0 Å². The van der Waals surface area contributed by atoms with Crippen LogP contribution in [-0.4, -0.2) is 87.3 Å². The molecule has 0 bridgehead atoms. The first-order valence-electron chi connectivity index (χ1n) is 11.0. The van der Waals surface area contributed by atoms with E-state index in [1.165, 1.54) is 0 Å². The third-order valence-corrected chi connectivity index (χ3v) is 6.38. The van der Waals surface area contributed by atoms with E-state index in [-0.39, 0.29) is 55.0 Å². The van der Waals surface area contributed by atoms with Crippen LogP contribution in [-0.2, 0) is 19.1 Å². The van der Waals surface area contributed by atoms with Gasteiger partial charge in [-0.15, -0.1) is 0 Å². The minimum atomic E-state index is -0.343. The molecule has 0 aromatic carbocycles. The molecule has 0 aromatic rings. The third kappa shape index (κ3) is 6.66. The van der Waals surface area contributed by atoms with Crippen molar-refractivity contribution in [1.82, 2.24) is 15.1 Å². The van der Waals surface area contributed by atoms with Gasteiger partial charge in [0.1, 0.15) is 0 Å². The molecule has 2 amide bonds. The number of amides is 2. The number of carbonyl (C=O) groups excluding carboxylic acids is 2. The Morgan fingerprint density at radius 1 is 1.21 bits per heavy atom. The van der Waals surface area contributed by atoms with Gasteiger partial charge in [0.2, 0.25) is 11.8 Å². The highest BCUT2D eigenvalue weighted by Gasteiger charge is 2.39. The van der Waals surface area contributed by atoms with Crippen LogP contribution in [0.15, 0.2) is 0 Å². The van der Waals surface area contributed by atoms with Gasteiger partial charge in [-0.05, 0) is 31.7 Å². The molecular formula is C22H43N3O4. The number of methoxy groups -OCH3 is 2. The lowest BCUT2D eigenvalue weighted by atomic mass is 9.90. The van der Waals surface area contributed by atoms with Gasteiger partial charge in [-0.3, -0.25) is 9.59 Å². The number of ether oxygens (including phenoxy) is 2. The van der Waals surface area contributed by atoms with Crippen LogP contribution in [0.2, 0.25) is 0 Å². The Kier molecular flexibility index (Phi) is 11.1. The quantitative estimate of drug-likeness (QED) is 0.531. The first-order chi connectivity index (χ1) is 13.7. The Morgan fingerprint density at radius 2 is 1.86 bits per heavy atom. The maximum Gasteiger partial charge on any atom is 0.236 e. The SMILES string of the molecule is CCC(C)C(C(CC(=O)N1CCCC1[C@H](OC)C(C)C)OC)N(C)C(=O)CNC. The second kappa shape index (κ2) is 12.5. The molecule has 7 nitrogen and oxygen atoms in total. The Hall–Kier alpha value is -1.18. The van der Waals surface area contributed by atoms with Crippen molar-refractivity contribution in [2.24, 2.45) is 11.8 Å². The van der Waals surface area contributed by atoms with Crippen LogP contribution in [0.5, 0.6) is 0 Å². The molecule has 0 radical (unpaired) electrons. The first kappa shape index (κ1) is 25.9. The molecule has 7 heteroatoms. The molecule has 1 saturated heterocycles. The zero-order valence-corrected chi connectivity index (χ0v) is 19.7. The predicted octanol–water partition coefficient (Wildman–Crippen LogP) is 2.15. The van der Waals surface area contributed by atoms with Crippen molar-refractivity contribution < 1.29 is 19.1 Å². The fraction of sp³-hybridized carbons (Fsp3) is 0.909. The molecule has 0 saturated carbocycles. The summed E-state index contributed by atoms with van der Waals surface area (Å²) in [6, 6.07) is -0.0464. The number of likely N-dealkylation sites (N-methyl/N-ethyl adjacent to an activating group) is 2. The van der Waals surface area contributed by atoms with Gasteiger partial charge in [0.05, 0.1) is 37.3 Å². The number of hydrogen-bond donors (Lipinski definition) is 1. The molecule has 1 heterocycles. The van der Waals surface area contributed by atoms with Crippen LogP contribution in [0.25, 0.3) is 0 Å². The highest BCUT2D eigenvalue weighted by atomic mass is 16.5. The van der Waals surface area contributed by atoms with E-state index in [9.17, 15) is 9.59 Å². The second-order valence-electron chi connectivity index (χ2n) is 8.63. The van der Waals surface area contributed by atoms with E-state index in [1.807, 2.05) is 11.9 Å². The van der Waals surface area contributed by atoms with Crippen LogP contribution < -0.4 is 5.32 Å². The van der Waals surface area contributed by atoms with E-state index in [2.05, 4.69) is 33.0 Å². The standard InChI is InChI=1S/C22H43N3O4/c1-9-16(4)21(24(6)20(27)14-23-5)18(28-7)13-19(26)25-12-10-11-17(25)22(29-8)15(2)3/h15-18,21-23H,9-14H2,1-8H3/t16?,17?,18?,21?,22-/m1/s1. The number of hydrogen-bond acceptors (Lipinski definition) is 5. The van der Waals surface area contributed by atoms with Crippen LogP contribution in [0.4, 0.5) is 0 Å². The van der Waals surface area contributed by atoms with E-state index in [0.717, 1.165) is 25.8 Å². The zero-order valence-electron chi connectivity index (χ0n) is 19.7. The lowest BCUT2D eigenvalue weighted by Gasteiger charge is -2.39. The molecule has 170 valence electrons. The summed E-state index contributed by atoms with van der Waals surface area (Å²) in [6.07, 6.45) is 2.83. The molecule has 4 unspecified atom stereocenters. The Morgan fingerprint density at radius 3 is 2.34 bits per heavy atom. The van der Waals surface area contributed by atoms with Crippen LogP contribution in [0.1, 0.15) is 53.4 Å². The smallest absolute Gasteiger partial charge is 0.236 e. The number of likely N-dealkylation sites (tertiary alicyclic amines) is 1. The summed E-state index contributed by atoms with van der Waals surface area (Å²) < 4.78 is 11.5. The van der Waals surface area contributed by atoms with E-state index in [0.29, 0.717) is 5.92 Å². The molecule has 0 aromatic heterocycles. The van der Waals surface area contributed by atoms with Gasteiger partial charge in [-0.25, -0.2) is 0 Å². The van der Waals surface area contributed by atoms with Gasteiger partial charge in [0.15, 0.2) is 0 Å². The van der Waals surface area contributed by atoms with E-state index >= 15 is 0 Å². The molecule has 0 aliphatic carbocycles. The number of rotatable bonds is 12. The van der Waals surface area contributed by atoms with Gasteiger partial charge < -0.3 is 24.6 Å². The van der Waals surface area contributed by atoms with Crippen molar-refractivity contribution in [2.45, 2.75) is 77.7 Å². The minimum Gasteiger partial charge on any atom is -0.379 e. The normalized spacial score (nSPS) is 21.1. The van der Waals surface area contributed by atoms with Crippen LogP contribution in [0.3, 0.4) is 0 Å². The minimum absolute atomic E-state index is 0.00519. The fourth-order valence-electron chi connectivity index (χ4n) is 4.63. The van der Waals surface area contributed by atoms with Crippen LogP contribution in [0, 0.1) is 11.8 Å². The number of nitrogens with one attached hydrogen (secondary N) is 1. The maximum atomic E-state index is 13.3. The van der Waals surface area contributed by atoms with Gasteiger partial charge >= 0.3 is 0 Å². The molecule has 1 fully saturated rings. The van der Waals surface area contributed by atoms with Gasteiger partial charge in [0, 0.05) is 27.8 Å². The number of nitrogens with zero attached hydrogens (tertiary/aromatic N) is 2. The Labute approximate surface area is 177 Å². The highest BCUT2D eigenvalue weighted by molar-refractivity contribution is 5.79. The molecule has 0 spiro atoms. The lowest BCUT2D eigenvalue weighted by Crippen LogP contribution is -2.53. The summed E-state index contributed by atoms with van der Waals surface area (Å²) in [5.41, 5.74) is 0. The summed E-state index contributed by atoms with van der Waals surface area (Å²) in [5, 5.41) is 2.92. The molecule has 5 atom stereocenters. The molecule has 1 N–H and O–H groups in total. The van der Waals surface area contributed by atoms with Crippen LogP contribution >= 0.6 is 0 Å². The molecule has 1 aliphatic rings. The third-order valence-electron chi connectivity index (χ3n) is 6.38. The average molecular weight is 414 g/mol. The van der Waals surface area contributed by atoms with Crippen molar-refractivity contribution in [1.29, 1.82) is 0 Å². The molecule has 1 rings (SSSR count). The highest BCUT2D eigenvalue weighted by Crippen LogP contribution is 2.28. The van der Waals surface area contributed by atoms with Crippen molar-refractivity contribution in [3.63, 3.8) is 0 Å². The number of carbonyl (C=O) groups is 2. The Bertz CT molecular complexity index is 514. The van der Waals surface area contributed by atoms with E-state index < -0.39 is 0 Å². The summed E-state index contributed by atoms with van der Waals surface area (Å²) in [4.78, 5) is 29.5. The van der Waals surface area contributed by atoms with Crippen molar-refractivity contribution >= 4 is 11.8 Å². The summed E-state index contributed by atoms with van der Waals surface area (Å²) in [6.45, 7) is 9.51. The topological polar surface area (TPSA) is 71.1 Å². The average Bonchev–Trinajstić information content (AvgIpc) is 3.16. The van der Waals surface area contributed by atoms with Gasteiger partial charge in [-0.2, -0.15) is 0 Å². The monoisotopic (exact) mass is 413 g/mol. The van der Waals surface area contributed by atoms with Crippen molar-refractivity contribution in [3.05, 3.63) is 0 Å². The lowest BCUT2D eigenvalue weighted by molar-refractivity contribution is -0.144. The molecule has 1 aliphatic heterocycles. The van der Waals surface area contributed by atoms with E-state index in [4.69, 9.17) is 9.47 Å².